The maximum Gasteiger partial charge on any atom is 0.254 e. The number of piperazine rings is 1. The summed E-state index contributed by atoms with van der Waals surface area (Å²) in [4.78, 5) is 17.2. The quantitative estimate of drug-likeness (QED) is 0.805. The van der Waals surface area contributed by atoms with E-state index in [4.69, 9.17) is 11.6 Å². The molecular weight excluding hydrogens is 398 g/mol. The van der Waals surface area contributed by atoms with Gasteiger partial charge in [0.05, 0.1) is 4.90 Å². The molecule has 1 aliphatic heterocycles. The summed E-state index contributed by atoms with van der Waals surface area (Å²) in [5.41, 5.74) is 2.39. The Morgan fingerprint density at radius 2 is 1.71 bits per heavy atom. The molecule has 0 unspecified atom stereocenters. The molecule has 2 aromatic carbocycles. The number of sulfonamides is 1. The topological polar surface area (TPSA) is 69.7 Å². The van der Waals surface area contributed by atoms with Crippen molar-refractivity contribution in [1.29, 1.82) is 0 Å². The Bertz CT molecular complexity index is 953. The first-order valence-corrected chi connectivity index (χ1v) is 11.0. The van der Waals surface area contributed by atoms with Crippen molar-refractivity contribution >= 4 is 27.5 Å². The molecule has 1 aliphatic rings. The normalized spacial score (nSPS) is 15.6. The Balaban J connectivity index is 1.66. The van der Waals surface area contributed by atoms with Crippen LogP contribution >= 0.6 is 11.6 Å². The van der Waals surface area contributed by atoms with Gasteiger partial charge in [0.25, 0.3) is 5.91 Å². The van der Waals surface area contributed by atoms with Crippen LogP contribution < -0.4 is 4.72 Å². The van der Waals surface area contributed by atoms with Crippen LogP contribution in [-0.4, -0.2) is 57.4 Å². The summed E-state index contributed by atoms with van der Waals surface area (Å²) in [6.07, 6.45) is 0. The van der Waals surface area contributed by atoms with Crippen molar-refractivity contribution in [2.24, 2.45) is 0 Å². The van der Waals surface area contributed by atoms with Crippen LogP contribution in [0.1, 0.15) is 21.5 Å². The third-order valence-electron chi connectivity index (χ3n) is 5.00. The van der Waals surface area contributed by atoms with Gasteiger partial charge in [0.2, 0.25) is 10.0 Å². The van der Waals surface area contributed by atoms with E-state index in [2.05, 4.69) is 9.62 Å². The zero-order chi connectivity index (χ0) is 20.3. The van der Waals surface area contributed by atoms with Gasteiger partial charge in [-0.15, -0.1) is 0 Å². The molecule has 0 bridgehead atoms. The van der Waals surface area contributed by atoms with Crippen molar-refractivity contribution < 1.29 is 13.2 Å². The molecule has 6 nitrogen and oxygen atoms in total. The molecule has 1 amide bonds. The van der Waals surface area contributed by atoms with Crippen LogP contribution in [0.3, 0.4) is 0 Å². The Morgan fingerprint density at radius 3 is 2.32 bits per heavy atom. The van der Waals surface area contributed by atoms with E-state index in [1.807, 2.05) is 31.2 Å². The fourth-order valence-corrected chi connectivity index (χ4v) is 4.13. The van der Waals surface area contributed by atoms with Crippen LogP contribution in [0, 0.1) is 6.92 Å². The van der Waals surface area contributed by atoms with E-state index < -0.39 is 10.0 Å². The lowest BCUT2D eigenvalue weighted by molar-refractivity contribution is 0.0627. The van der Waals surface area contributed by atoms with Crippen molar-refractivity contribution in [3.8, 4) is 0 Å². The minimum Gasteiger partial charge on any atom is -0.336 e. The van der Waals surface area contributed by atoms with Crippen LogP contribution in [-0.2, 0) is 16.6 Å². The van der Waals surface area contributed by atoms with Gasteiger partial charge in [0.15, 0.2) is 0 Å². The molecule has 0 aromatic heterocycles. The van der Waals surface area contributed by atoms with E-state index in [-0.39, 0.29) is 10.8 Å². The van der Waals surface area contributed by atoms with Crippen LogP contribution in [0.25, 0.3) is 0 Å². The lowest BCUT2D eigenvalue weighted by Gasteiger charge is -2.35. The van der Waals surface area contributed by atoms with Gasteiger partial charge >= 0.3 is 0 Å². The number of benzene rings is 2. The van der Waals surface area contributed by atoms with E-state index in [0.717, 1.165) is 30.2 Å². The summed E-state index contributed by atoms with van der Waals surface area (Å²) < 4.78 is 26.4. The Labute approximate surface area is 171 Å². The predicted molar refractivity (Wildman–Crippen MR) is 110 cm³/mol. The number of rotatable bonds is 5. The molecule has 0 radical (unpaired) electrons. The monoisotopic (exact) mass is 421 g/mol. The maximum absolute atomic E-state index is 13.0. The first kappa shape index (κ1) is 20.8. The van der Waals surface area contributed by atoms with E-state index in [1.165, 1.54) is 24.7 Å². The maximum atomic E-state index is 13.0. The molecule has 3 rings (SSSR count). The number of halogens is 1. The van der Waals surface area contributed by atoms with Gasteiger partial charge in [0, 0.05) is 43.3 Å². The molecule has 8 heteroatoms. The summed E-state index contributed by atoms with van der Waals surface area (Å²) in [5, 5.41) is 0.719. The van der Waals surface area contributed by atoms with Gasteiger partial charge in [-0.25, -0.2) is 13.1 Å². The lowest BCUT2D eigenvalue weighted by atomic mass is 10.1. The van der Waals surface area contributed by atoms with E-state index in [9.17, 15) is 13.2 Å². The zero-order valence-electron chi connectivity index (χ0n) is 16.0. The number of carbonyl (C=O) groups excluding carboxylic acids is 1. The number of aryl methyl sites for hydroxylation is 1. The lowest BCUT2D eigenvalue weighted by Crippen LogP contribution is -2.48. The largest absolute Gasteiger partial charge is 0.336 e. The number of nitrogens with one attached hydrogen (secondary N) is 1. The molecule has 1 N–H and O–H groups in total. The second-order valence-corrected chi connectivity index (χ2v) is 9.20. The van der Waals surface area contributed by atoms with Crippen molar-refractivity contribution in [2.45, 2.75) is 18.4 Å². The Morgan fingerprint density at radius 1 is 1.07 bits per heavy atom. The van der Waals surface area contributed by atoms with E-state index >= 15 is 0 Å². The Hall–Kier alpha value is -1.93. The fraction of sp³-hybridized carbons (Fsp3) is 0.350. The predicted octanol–water partition coefficient (Wildman–Crippen LogP) is 2.51. The highest BCUT2D eigenvalue weighted by Gasteiger charge is 2.24. The SMILES string of the molecule is CNS(=O)(=O)c1ccc(C)c(C(=O)N2CCN(Cc3ccc(Cl)cc3)CC2)c1. The highest BCUT2D eigenvalue weighted by Crippen LogP contribution is 2.19. The van der Waals surface area contributed by atoms with Crippen molar-refractivity contribution in [3.63, 3.8) is 0 Å². The van der Waals surface area contributed by atoms with Crippen LogP contribution in [0.2, 0.25) is 5.02 Å². The Kier molecular flexibility index (Phi) is 6.40. The summed E-state index contributed by atoms with van der Waals surface area (Å²) in [6.45, 7) is 5.38. The van der Waals surface area contributed by atoms with Crippen LogP contribution in [0.5, 0.6) is 0 Å². The second kappa shape index (κ2) is 8.61. The fourth-order valence-electron chi connectivity index (χ4n) is 3.24. The summed E-state index contributed by atoms with van der Waals surface area (Å²) in [7, 11) is -2.23. The highest BCUT2D eigenvalue weighted by atomic mass is 35.5. The zero-order valence-corrected chi connectivity index (χ0v) is 17.6. The first-order chi connectivity index (χ1) is 13.3. The van der Waals surface area contributed by atoms with Gasteiger partial charge in [0.1, 0.15) is 0 Å². The van der Waals surface area contributed by atoms with Crippen LogP contribution in [0.4, 0.5) is 0 Å². The number of nitrogens with zero attached hydrogens (tertiary/aromatic N) is 2. The van der Waals surface area contributed by atoms with Crippen molar-refractivity contribution in [1.82, 2.24) is 14.5 Å². The minimum atomic E-state index is -3.59. The third kappa shape index (κ3) is 4.72. The van der Waals surface area contributed by atoms with Crippen molar-refractivity contribution in [3.05, 3.63) is 64.2 Å². The standard InChI is InChI=1S/C20H24ClN3O3S/c1-15-3-8-18(28(26,27)22-2)13-19(15)20(25)24-11-9-23(10-12-24)14-16-4-6-17(21)7-5-16/h3-8,13,22H,9-12,14H2,1-2H3. The molecule has 0 aliphatic carbocycles. The number of carbonyl (C=O) groups is 1. The van der Waals surface area contributed by atoms with E-state index in [0.29, 0.717) is 18.7 Å². The van der Waals surface area contributed by atoms with Gasteiger partial charge < -0.3 is 4.90 Å². The number of hydrogen-bond acceptors (Lipinski definition) is 4. The molecule has 0 saturated carbocycles. The number of hydrogen-bond donors (Lipinski definition) is 1. The molecule has 1 fully saturated rings. The molecule has 0 atom stereocenters. The molecule has 1 heterocycles. The van der Waals surface area contributed by atoms with Gasteiger partial charge in [-0.2, -0.15) is 0 Å². The summed E-state index contributed by atoms with van der Waals surface area (Å²) in [5.74, 6) is -0.128. The molecule has 28 heavy (non-hydrogen) atoms. The average molecular weight is 422 g/mol. The molecular formula is C20H24ClN3O3S. The van der Waals surface area contributed by atoms with Gasteiger partial charge in [-0.3, -0.25) is 9.69 Å². The van der Waals surface area contributed by atoms with Gasteiger partial charge in [-0.1, -0.05) is 29.8 Å². The average Bonchev–Trinajstić information content (AvgIpc) is 2.70. The second-order valence-electron chi connectivity index (χ2n) is 6.88. The summed E-state index contributed by atoms with van der Waals surface area (Å²) in [6, 6.07) is 12.4. The van der Waals surface area contributed by atoms with Crippen LogP contribution in [0.15, 0.2) is 47.4 Å². The third-order valence-corrected chi connectivity index (χ3v) is 6.66. The van der Waals surface area contributed by atoms with Crippen molar-refractivity contribution in [2.75, 3.05) is 33.2 Å². The first-order valence-electron chi connectivity index (χ1n) is 9.10. The smallest absolute Gasteiger partial charge is 0.254 e. The highest BCUT2D eigenvalue weighted by molar-refractivity contribution is 7.89. The molecule has 1 saturated heterocycles. The van der Waals surface area contributed by atoms with Gasteiger partial charge in [-0.05, 0) is 49.4 Å². The number of amides is 1. The molecule has 0 spiro atoms. The van der Waals surface area contributed by atoms with E-state index in [1.54, 1.807) is 11.0 Å². The summed E-state index contributed by atoms with van der Waals surface area (Å²) >= 11 is 5.93. The molecule has 150 valence electrons. The molecule has 2 aromatic rings. The minimum absolute atomic E-state index is 0.102.